The van der Waals surface area contributed by atoms with Crippen molar-refractivity contribution in [2.45, 2.75) is 193 Å². The molecular weight excluding hydrogens is 612 g/mol. The van der Waals surface area contributed by atoms with Crippen LogP contribution < -0.4 is 0 Å². The van der Waals surface area contributed by atoms with E-state index in [0.29, 0.717) is 19.4 Å². The average molecular weight is 689 g/mol. The van der Waals surface area contributed by atoms with Gasteiger partial charge in [-0.2, -0.15) is 0 Å². The second-order valence-electron chi connectivity index (χ2n) is 13.4. The molecule has 0 fully saturated rings. The fourth-order valence-corrected chi connectivity index (χ4v) is 5.58. The molecule has 0 radical (unpaired) electrons. The lowest BCUT2D eigenvalue weighted by Crippen LogP contribution is -2.28. The summed E-state index contributed by atoms with van der Waals surface area (Å²) >= 11 is 0. The van der Waals surface area contributed by atoms with Crippen molar-refractivity contribution >= 4 is 11.9 Å². The summed E-state index contributed by atoms with van der Waals surface area (Å²) in [6.45, 7) is 2.11. The number of aliphatic hydroxyl groups excluding tert-OH is 2. The summed E-state index contributed by atoms with van der Waals surface area (Å²) in [5.41, 5.74) is 0. The molecule has 0 aliphatic carbocycles. The molecule has 0 saturated carbocycles. The van der Waals surface area contributed by atoms with Gasteiger partial charge in [0.25, 0.3) is 0 Å². The van der Waals surface area contributed by atoms with Gasteiger partial charge in [0.15, 0.2) is 6.10 Å². The minimum atomic E-state index is -0.805. The quantitative estimate of drug-likeness (QED) is 0.0383. The van der Waals surface area contributed by atoms with Gasteiger partial charge in [-0.15, -0.1) is 0 Å². The third-order valence-electron chi connectivity index (χ3n) is 8.68. The Balaban J connectivity index is 3.63. The molecule has 0 amide bonds. The number of esters is 2. The van der Waals surface area contributed by atoms with E-state index in [2.05, 4.69) is 55.5 Å². The molecule has 0 unspecified atom stereocenters. The largest absolute Gasteiger partial charge is 0.462 e. The van der Waals surface area contributed by atoms with Crippen molar-refractivity contribution in [3.05, 3.63) is 48.6 Å². The van der Waals surface area contributed by atoms with Gasteiger partial charge in [-0.1, -0.05) is 165 Å². The highest BCUT2D eigenvalue weighted by Crippen LogP contribution is 2.14. The highest BCUT2D eigenvalue weighted by molar-refractivity contribution is 5.70. The number of aliphatic hydroxyl groups is 2. The van der Waals surface area contributed by atoms with Crippen molar-refractivity contribution in [1.29, 1.82) is 0 Å². The maximum absolute atomic E-state index is 12.1. The van der Waals surface area contributed by atoms with E-state index in [4.69, 9.17) is 14.6 Å². The first-order valence-electron chi connectivity index (χ1n) is 20.3. The second-order valence-corrected chi connectivity index (χ2v) is 13.4. The predicted octanol–water partition coefficient (Wildman–Crippen LogP) is 11.6. The molecule has 0 heterocycles. The minimum Gasteiger partial charge on any atom is -0.462 e. The van der Waals surface area contributed by atoms with Crippen LogP contribution in [0.2, 0.25) is 0 Å². The van der Waals surface area contributed by atoms with Crippen LogP contribution in [0.1, 0.15) is 187 Å². The predicted molar refractivity (Wildman–Crippen MR) is 207 cm³/mol. The second kappa shape index (κ2) is 40.3. The van der Waals surface area contributed by atoms with E-state index < -0.39 is 6.10 Å². The number of carbonyl (C=O) groups excluding carboxylic acids is 2. The molecule has 6 nitrogen and oxygen atoms in total. The van der Waals surface area contributed by atoms with Crippen molar-refractivity contribution in [2.24, 2.45) is 0 Å². The van der Waals surface area contributed by atoms with Crippen molar-refractivity contribution in [2.75, 3.05) is 19.8 Å². The van der Waals surface area contributed by atoms with Crippen LogP contribution in [0.15, 0.2) is 48.6 Å². The molecule has 0 bridgehead atoms. The first kappa shape index (κ1) is 46.8. The number of hydrogen-bond donors (Lipinski definition) is 2. The van der Waals surface area contributed by atoms with Gasteiger partial charge in [0, 0.05) is 19.4 Å². The lowest BCUT2D eigenvalue weighted by atomic mass is 10.0. The van der Waals surface area contributed by atoms with Crippen LogP contribution in [0.5, 0.6) is 0 Å². The van der Waals surface area contributed by atoms with E-state index in [1.807, 2.05) is 0 Å². The van der Waals surface area contributed by atoms with Crippen LogP contribution >= 0.6 is 0 Å². The van der Waals surface area contributed by atoms with Crippen LogP contribution in [0, 0.1) is 0 Å². The highest BCUT2D eigenvalue weighted by Gasteiger charge is 2.16. The Morgan fingerprint density at radius 3 is 1.37 bits per heavy atom. The van der Waals surface area contributed by atoms with Gasteiger partial charge >= 0.3 is 11.9 Å². The minimum absolute atomic E-state index is 0.0930. The van der Waals surface area contributed by atoms with Gasteiger partial charge in [-0.3, -0.25) is 9.59 Å². The summed E-state index contributed by atoms with van der Waals surface area (Å²) in [6, 6.07) is 0. The van der Waals surface area contributed by atoms with Gasteiger partial charge in [-0.05, 0) is 57.8 Å². The smallest absolute Gasteiger partial charge is 0.306 e. The van der Waals surface area contributed by atoms with Gasteiger partial charge in [0.1, 0.15) is 6.61 Å². The van der Waals surface area contributed by atoms with Crippen molar-refractivity contribution < 1.29 is 29.3 Å². The first-order chi connectivity index (χ1) is 24.1. The third-order valence-corrected chi connectivity index (χ3v) is 8.68. The zero-order chi connectivity index (χ0) is 35.7. The molecule has 0 aliphatic rings. The number of carbonyl (C=O) groups is 2. The molecule has 0 aromatic heterocycles. The zero-order valence-electron chi connectivity index (χ0n) is 31.6. The fourth-order valence-electron chi connectivity index (χ4n) is 5.58. The Kier molecular flexibility index (Phi) is 38.5. The van der Waals surface area contributed by atoms with Crippen LogP contribution in [-0.4, -0.2) is 48.1 Å². The van der Waals surface area contributed by atoms with E-state index in [-0.39, 0.29) is 31.6 Å². The number of rotatable bonds is 37. The Morgan fingerprint density at radius 2 is 0.898 bits per heavy atom. The van der Waals surface area contributed by atoms with Gasteiger partial charge in [-0.25, -0.2) is 0 Å². The lowest BCUT2D eigenvalue weighted by molar-refractivity contribution is -0.161. The molecule has 0 aromatic carbocycles. The molecule has 0 aromatic rings. The van der Waals surface area contributed by atoms with Gasteiger partial charge < -0.3 is 19.7 Å². The molecule has 2 N–H and O–H groups in total. The normalized spacial score (nSPS) is 12.6. The lowest BCUT2D eigenvalue weighted by Gasteiger charge is -2.15. The number of hydrogen-bond acceptors (Lipinski definition) is 6. The Hall–Kier alpha value is -2.18. The van der Waals surface area contributed by atoms with E-state index in [0.717, 1.165) is 70.6 Å². The topological polar surface area (TPSA) is 93.1 Å². The Morgan fingerprint density at radius 1 is 0.490 bits per heavy atom. The average Bonchev–Trinajstić information content (AvgIpc) is 3.10. The molecular formula is C43H76O6. The van der Waals surface area contributed by atoms with Crippen LogP contribution in [-0.2, 0) is 19.1 Å². The summed E-state index contributed by atoms with van der Waals surface area (Å²) < 4.78 is 10.6. The number of allylic oxidation sites excluding steroid dienone is 8. The monoisotopic (exact) mass is 689 g/mol. The van der Waals surface area contributed by atoms with E-state index in [9.17, 15) is 14.7 Å². The molecule has 284 valence electrons. The van der Waals surface area contributed by atoms with Crippen molar-refractivity contribution in [3.63, 3.8) is 0 Å². The maximum Gasteiger partial charge on any atom is 0.306 e. The molecule has 0 spiro atoms. The van der Waals surface area contributed by atoms with Crippen LogP contribution in [0.25, 0.3) is 0 Å². The molecule has 49 heavy (non-hydrogen) atoms. The Bertz CT molecular complexity index is 830. The summed E-state index contributed by atoms with van der Waals surface area (Å²) in [5, 5.41) is 18.3. The summed E-state index contributed by atoms with van der Waals surface area (Å²) in [7, 11) is 0. The van der Waals surface area contributed by atoms with Crippen LogP contribution in [0.4, 0.5) is 0 Å². The summed E-state index contributed by atoms with van der Waals surface area (Å²) in [4.78, 5) is 24.2. The maximum atomic E-state index is 12.1. The summed E-state index contributed by atoms with van der Waals surface area (Å²) in [5.74, 6) is -0.667. The molecule has 0 saturated heterocycles. The van der Waals surface area contributed by atoms with E-state index in [1.54, 1.807) is 0 Å². The third kappa shape index (κ3) is 38.5. The molecule has 0 rings (SSSR count). The van der Waals surface area contributed by atoms with Crippen molar-refractivity contribution in [1.82, 2.24) is 0 Å². The zero-order valence-corrected chi connectivity index (χ0v) is 31.6. The van der Waals surface area contributed by atoms with E-state index in [1.165, 1.54) is 89.9 Å². The van der Waals surface area contributed by atoms with E-state index >= 15 is 0 Å². The Labute approximate surface area is 301 Å². The molecule has 6 heteroatoms. The molecule has 1 atom stereocenters. The van der Waals surface area contributed by atoms with Gasteiger partial charge in [0.05, 0.1) is 6.61 Å². The number of ether oxygens (including phenoxy) is 2. The molecule has 0 aliphatic heterocycles. The highest BCUT2D eigenvalue weighted by atomic mass is 16.6. The number of unbranched alkanes of at least 4 members (excludes halogenated alkanes) is 20. The van der Waals surface area contributed by atoms with Gasteiger partial charge in [0.2, 0.25) is 0 Å². The standard InChI is InChI=1S/C43H76O6/c1-2-3-4-5-6-7-8-9-10-12-15-18-21-24-27-30-33-36-42(46)48-40-41(39-45)49-43(47)37-34-31-28-25-22-19-16-13-11-14-17-20-23-26-29-32-35-38-44/h11,14,16,19-20,23,25,28,41,44-45H,2-10,12-13,15,17-18,21-22,24,26-27,29-40H2,1H3/b14-11-,19-16-,23-20-,28-25-/t41-/m0/s1. The SMILES string of the molecule is CCCCCCCCCCCCCCCCCCCC(=O)OC[C@H](CO)OC(=O)CCC/C=C\C/C=C\C/C=C\C/C=C\CCCCCO. The van der Waals surface area contributed by atoms with Crippen molar-refractivity contribution in [3.8, 4) is 0 Å². The first-order valence-corrected chi connectivity index (χ1v) is 20.3. The van der Waals surface area contributed by atoms with Crippen LogP contribution in [0.3, 0.4) is 0 Å². The summed E-state index contributed by atoms with van der Waals surface area (Å²) in [6.07, 6.45) is 47.6. The fraction of sp³-hybridized carbons (Fsp3) is 0.767.